The minimum Gasteiger partial charge on any atom is -0.304 e. The van der Waals surface area contributed by atoms with Crippen LogP contribution in [-0.2, 0) is 9.59 Å². The Morgan fingerprint density at radius 1 is 1.30 bits per heavy atom. The molecular formula is C15H27N3O2. The van der Waals surface area contributed by atoms with Gasteiger partial charge in [0, 0.05) is 18.6 Å². The van der Waals surface area contributed by atoms with Crippen molar-refractivity contribution in [1.29, 1.82) is 0 Å². The third kappa shape index (κ3) is 3.04. The zero-order chi connectivity index (χ0) is 14.7. The van der Waals surface area contributed by atoms with Gasteiger partial charge < -0.3 is 10.2 Å². The average molecular weight is 281 g/mol. The minimum absolute atomic E-state index is 0.0130. The van der Waals surface area contributed by atoms with E-state index in [1.165, 1.54) is 17.7 Å². The Bertz CT molecular complexity index is 368. The molecule has 2 fully saturated rings. The molecule has 2 aliphatic heterocycles. The van der Waals surface area contributed by atoms with E-state index in [0.717, 1.165) is 25.9 Å². The molecule has 2 unspecified atom stereocenters. The number of hydrogen-bond donors (Lipinski definition) is 1. The summed E-state index contributed by atoms with van der Waals surface area (Å²) in [6.45, 7) is 5.99. The van der Waals surface area contributed by atoms with Crippen LogP contribution in [0.25, 0.3) is 0 Å². The fourth-order valence-corrected chi connectivity index (χ4v) is 3.36. The van der Waals surface area contributed by atoms with Crippen LogP contribution in [0.5, 0.6) is 0 Å². The van der Waals surface area contributed by atoms with Gasteiger partial charge in [0.2, 0.25) is 11.8 Å². The number of nitrogens with one attached hydrogen (secondary N) is 1. The maximum absolute atomic E-state index is 12.4. The largest absolute Gasteiger partial charge is 0.304 e. The second-order valence-electron chi connectivity index (χ2n) is 6.01. The lowest BCUT2D eigenvalue weighted by Gasteiger charge is -2.25. The molecule has 2 amide bonds. The number of carbonyl (C=O) groups is 2. The summed E-state index contributed by atoms with van der Waals surface area (Å²) >= 11 is 0. The monoisotopic (exact) mass is 281 g/mol. The smallest absolute Gasteiger partial charge is 0.247 e. The standard InChI is InChI=1S/C15H27N3O2/c1-4-11(5-2)18-14(19)9-13(15(18)20)16-10-12-7-6-8-17(12)3/h11-13,16H,4-10H2,1-3H3. The molecule has 2 atom stereocenters. The van der Waals surface area contributed by atoms with E-state index in [4.69, 9.17) is 0 Å². The molecule has 5 heteroatoms. The van der Waals surface area contributed by atoms with Gasteiger partial charge in [0.05, 0.1) is 12.5 Å². The summed E-state index contributed by atoms with van der Waals surface area (Å²) in [6, 6.07) is 0.258. The van der Waals surface area contributed by atoms with Gasteiger partial charge in [0.15, 0.2) is 0 Å². The van der Waals surface area contributed by atoms with Crippen molar-refractivity contribution in [3.05, 3.63) is 0 Å². The average Bonchev–Trinajstić information content (AvgIpc) is 2.95. The van der Waals surface area contributed by atoms with Crippen molar-refractivity contribution in [1.82, 2.24) is 15.1 Å². The molecule has 0 bridgehead atoms. The fraction of sp³-hybridized carbons (Fsp3) is 0.867. The van der Waals surface area contributed by atoms with Gasteiger partial charge in [0.25, 0.3) is 0 Å². The van der Waals surface area contributed by atoms with Crippen LogP contribution in [0.3, 0.4) is 0 Å². The first kappa shape index (κ1) is 15.4. The van der Waals surface area contributed by atoms with E-state index >= 15 is 0 Å². The maximum atomic E-state index is 12.4. The van der Waals surface area contributed by atoms with E-state index in [1.54, 1.807) is 0 Å². The van der Waals surface area contributed by atoms with Crippen LogP contribution in [0.4, 0.5) is 0 Å². The zero-order valence-electron chi connectivity index (χ0n) is 12.9. The predicted molar refractivity (Wildman–Crippen MR) is 78.3 cm³/mol. The number of imide groups is 1. The Balaban J connectivity index is 1.90. The number of amides is 2. The van der Waals surface area contributed by atoms with Gasteiger partial charge in [-0.1, -0.05) is 13.8 Å². The van der Waals surface area contributed by atoms with Gasteiger partial charge in [-0.25, -0.2) is 0 Å². The van der Waals surface area contributed by atoms with Gasteiger partial charge in [-0.3, -0.25) is 14.5 Å². The highest BCUT2D eigenvalue weighted by Gasteiger charge is 2.41. The molecule has 5 nitrogen and oxygen atoms in total. The molecule has 2 saturated heterocycles. The topological polar surface area (TPSA) is 52.7 Å². The highest BCUT2D eigenvalue weighted by molar-refractivity contribution is 6.05. The number of carbonyl (C=O) groups excluding carboxylic acids is 2. The zero-order valence-corrected chi connectivity index (χ0v) is 12.9. The summed E-state index contributed by atoms with van der Waals surface area (Å²) in [5.74, 6) is -0.0367. The molecule has 2 aliphatic rings. The van der Waals surface area contributed by atoms with Gasteiger partial charge in [-0.15, -0.1) is 0 Å². The van der Waals surface area contributed by atoms with E-state index in [2.05, 4.69) is 17.3 Å². The quantitative estimate of drug-likeness (QED) is 0.738. The molecule has 0 radical (unpaired) electrons. The van der Waals surface area contributed by atoms with Gasteiger partial charge in [0.1, 0.15) is 0 Å². The highest BCUT2D eigenvalue weighted by Crippen LogP contribution is 2.21. The predicted octanol–water partition coefficient (Wildman–Crippen LogP) is 0.986. The van der Waals surface area contributed by atoms with Crippen LogP contribution in [0.2, 0.25) is 0 Å². The summed E-state index contributed by atoms with van der Waals surface area (Å²) in [5.41, 5.74) is 0. The van der Waals surface area contributed by atoms with Crippen LogP contribution in [0, 0.1) is 0 Å². The van der Waals surface area contributed by atoms with Crippen LogP contribution >= 0.6 is 0 Å². The van der Waals surface area contributed by atoms with E-state index in [9.17, 15) is 9.59 Å². The minimum atomic E-state index is -0.308. The molecule has 2 heterocycles. The molecule has 0 saturated carbocycles. The summed E-state index contributed by atoms with van der Waals surface area (Å²) < 4.78 is 0. The number of nitrogens with zero attached hydrogens (tertiary/aromatic N) is 2. The number of rotatable bonds is 6. The Labute approximate surface area is 121 Å². The van der Waals surface area contributed by atoms with Crippen molar-refractivity contribution in [2.75, 3.05) is 20.1 Å². The number of likely N-dealkylation sites (N-methyl/N-ethyl adjacent to an activating group) is 1. The normalized spacial score (nSPS) is 28.1. The van der Waals surface area contributed by atoms with Gasteiger partial charge in [-0.2, -0.15) is 0 Å². The number of hydrogen-bond acceptors (Lipinski definition) is 4. The Hall–Kier alpha value is -0.940. The van der Waals surface area contributed by atoms with Crippen molar-refractivity contribution in [2.24, 2.45) is 0 Å². The molecule has 0 aromatic heterocycles. The number of likely N-dealkylation sites (tertiary alicyclic amines) is 2. The molecule has 0 aromatic rings. The molecule has 0 spiro atoms. The second kappa shape index (κ2) is 6.68. The Kier molecular flexibility index (Phi) is 5.16. The fourth-order valence-electron chi connectivity index (χ4n) is 3.36. The summed E-state index contributed by atoms with van der Waals surface area (Å²) in [5, 5.41) is 3.31. The van der Waals surface area contributed by atoms with E-state index < -0.39 is 0 Å². The first-order chi connectivity index (χ1) is 9.58. The van der Waals surface area contributed by atoms with E-state index in [-0.39, 0.29) is 23.9 Å². The van der Waals surface area contributed by atoms with Crippen molar-refractivity contribution in [3.8, 4) is 0 Å². The second-order valence-corrected chi connectivity index (χ2v) is 6.01. The summed E-state index contributed by atoms with van der Waals surface area (Å²) in [4.78, 5) is 28.3. The summed E-state index contributed by atoms with van der Waals surface area (Å²) in [7, 11) is 2.12. The van der Waals surface area contributed by atoms with E-state index in [0.29, 0.717) is 12.5 Å². The van der Waals surface area contributed by atoms with Crippen LogP contribution in [-0.4, -0.2) is 59.9 Å². The van der Waals surface area contributed by atoms with Crippen LogP contribution in [0.15, 0.2) is 0 Å². The lowest BCUT2D eigenvalue weighted by atomic mass is 10.1. The molecule has 2 rings (SSSR count). The van der Waals surface area contributed by atoms with Crippen LogP contribution in [0.1, 0.15) is 46.0 Å². The SMILES string of the molecule is CCC(CC)N1C(=O)CC(NCC2CCCN2C)C1=O. The van der Waals surface area contributed by atoms with Crippen molar-refractivity contribution >= 4 is 11.8 Å². The lowest BCUT2D eigenvalue weighted by Crippen LogP contribution is -2.46. The first-order valence-corrected chi connectivity index (χ1v) is 7.88. The Morgan fingerprint density at radius 3 is 2.55 bits per heavy atom. The van der Waals surface area contributed by atoms with Crippen LogP contribution < -0.4 is 5.32 Å². The molecule has 0 aromatic carbocycles. The molecule has 0 aliphatic carbocycles. The molecule has 1 N–H and O–H groups in total. The lowest BCUT2D eigenvalue weighted by molar-refractivity contribution is -0.141. The highest BCUT2D eigenvalue weighted by atomic mass is 16.2. The summed E-state index contributed by atoms with van der Waals surface area (Å²) in [6.07, 6.45) is 4.40. The van der Waals surface area contributed by atoms with Crippen molar-refractivity contribution in [2.45, 2.75) is 64.1 Å². The molecule has 114 valence electrons. The first-order valence-electron chi connectivity index (χ1n) is 7.88. The Morgan fingerprint density at radius 2 is 2.00 bits per heavy atom. The third-order valence-electron chi connectivity index (χ3n) is 4.76. The molecule has 20 heavy (non-hydrogen) atoms. The third-order valence-corrected chi connectivity index (χ3v) is 4.76. The molecular weight excluding hydrogens is 254 g/mol. The van der Waals surface area contributed by atoms with Gasteiger partial charge >= 0.3 is 0 Å². The van der Waals surface area contributed by atoms with Gasteiger partial charge in [-0.05, 0) is 39.3 Å². The maximum Gasteiger partial charge on any atom is 0.247 e. The van der Waals surface area contributed by atoms with E-state index in [1.807, 2.05) is 13.8 Å². The van der Waals surface area contributed by atoms with Crippen molar-refractivity contribution in [3.63, 3.8) is 0 Å². The van der Waals surface area contributed by atoms with Crippen molar-refractivity contribution < 1.29 is 9.59 Å².